The van der Waals surface area contributed by atoms with E-state index >= 15 is 0 Å². The number of rotatable bonds is 5. The number of nitrogens with zero attached hydrogens (tertiary/aromatic N) is 2. The fourth-order valence-electron chi connectivity index (χ4n) is 7.11. The molecule has 2 aromatic heterocycles. The topological polar surface area (TPSA) is 137 Å². The van der Waals surface area contributed by atoms with Crippen molar-refractivity contribution in [3.8, 4) is 0 Å². The molecule has 0 amide bonds. The average molecular weight is 573 g/mol. The van der Waals surface area contributed by atoms with Gasteiger partial charge < -0.3 is 28.8 Å². The lowest BCUT2D eigenvalue weighted by molar-refractivity contribution is 0.0899. The Morgan fingerprint density at radius 2 is 1.00 bits per heavy atom. The normalized spacial score (nSPS) is 21.6. The number of methoxy groups -OCH3 is 2. The zero-order valence-electron chi connectivity index (χ0n) is 24.4. The third kappa shape index (κ3) is 3.64. The molecule has 42 heavy (non-hydrogen) atoms. The summed E-state index contributed by atoms with van der Waals surface area (Å²) in [5.74, 6) is -1.29. The minimum atomic E-state index is -0.875. The maximum absolute atomic E-state index is 13.3. The van der Waals surface area contributed by atoms with Gasteiger partial charge in [0.15, 0.2) is 11.5 Å². The smallest absolute Gasteiger partial charge is 0.230 e. The number of carbonyl (C=O) groups excluding carboxylic acids is 4. The van der Waals surface area contributed by atoms with E-state index in [1.165, 1.54) is 14.2 Å². The SMILES string of the molecule is COC1=C(C)C(=O)c2c(c(C)c3n2CC(O)C=C3CCC2=CC(O)Cn3c2c(C)c2c3C(=O)C(C)=C(OC)C2=O)C1=O. The fraction of sp³-hybridized carbons (Fsp3) is 0.375. The van der Waals surface area contributed by atoms with Crippen LogP contribution in [0.25, 0.3) is 11.1 Å². The van der Waals surface area contributed by atoms with Crippen LogP contribution in [0.3, 0.4) is 0 Å². The molecule has 0 saturated heterocycles. The van der Waals surface area contributed by atoms with Crippen molar-refractivity contribution < 1.29 is 38.9 Å². The Labute approximate surface area is 242 Å². The first kappa shape index (κ1) is 27.9. The Kier molecular flexibility index (Phi) is 6.40. The van der Waals surface area contributed by atoms with Gasteiger partial charge in [0.05, 0.1) is 50.6 Å². The van der Waals surface area contributed by atoms with Crippen LogP contribution in [0.4, 0.5) is 0 Å². The molecule has 2 aliphatic heterocycles. The molecule has 2 atom stereocenters. The standard InChI is InChI=1S/C32H32N2O8/c1-13-21-25(27(37)15(3)31(41-5)29(21)39)33-11-19(35)9-17(23(13)33)7-8-18-10-20(36)12-34-24(18)14(2)22-26(34)28(38)16(4)32(42-6)30(22)40/h9-10,19-20,35-36H,7-8,11-12H2,1-6H3. The van der Waals surface area contributed by atoms with E-state index in [-0.39, 0.29) is 81.4 Å². The van der Waals surface area contributed by atoms with Crippen molar-refractivity contribution in [1.82, 2.24) is 9.13 Å². The summed E-state index contributed by atoms with van der Waals surface area (Å²) in [5.41, 5.74) is 5.75. The van der Waals surface area contributed by atoms with Gasteiger partial charge in [-0.2, -0.15) is 0 Å². The van der Waals surface area contributed by atoms with Gasteiger partial charge in [-0.1, -0.05) is 0 Å². The first-order valence-corrected chi connectivity index (χ1v) is 13.9. The molecule has 0 spiro atoms. The number of allylic oxidation sites excluding steroid dienone is 6. The summed E-state index contributed by atoms with van der Waals surface area (Å²) < 4.78 is 14.0. The highest BCUT2D eigenvalue weighted by Gasteiger charge is 2.41. The van der Waals surface area contributed by atoms with Gasteiger partial charge in [-0.05, 0) is 75.0 Å². The molecule has 0 saturated carbocycles. The molecule has 0 bridgehead atoms. The van der Waals surface area contributed by atoms with Crippen LogP contribution < -0.4 is 0 Å². The summed E-state index contributed by atoms with van der Waals surface area (Å²) in [5, 5.41) is 21.6. The molecule has 4 heterocycles. The Balaban J connectivity index is 1.40. The van der Waals surface area contributed by atoms with Gasteiger partial charge in [0, 0.05) is 22.5 Å². The second-order valence-electron chi connectivity index (χ2n) is 11.3. The molecular weight excluding hydrogens is 540 g/mol. The van der Waals surface area contributed by atoms with Crippen LogP contribution >= 0.6 is 0 Å². The lowest BCUT2D eigenvalue weighted by atomic mass is 9.89. The molecular formula is C32H32N2O8. The maximum Gasteiger partial charge on any atom is 0.230 e. The zero-order valence-corrected chi connectivity index (χ0v) is 24.4. The first-order valence-electron chi connectivity index (χ1n) is 13.9. The van der Waals surface area contributed by atoms with Crippen LogP contribution in [-0.4, -0.2) is 68.9 Å². The van der Waals surface area contributed by atoms with E-state index in [4.69, 9.17) is 9.47 Å². The van der Waals surface area contributed by atoms with Crippen LogP contribution in [-0.2, 0) is 22.6 Å². The number of ketones is 4. The van der Waals surface area contributed by atoms with Crippen LogP contribution in [0.15, 0.2) is 34.8 Å². The van der Waals surface area contributed by atoms with E-state index in [2.05, 4.69) is 0 Å². The third-order valence-corrected chi connectivity index (χ3v) is 8.88. The molecule has 4 aliphatic rings. The minimum Gasteiger partial charge on any atom is -0.492 e. The monoisotopic (exact) mass is 572 g/mol. The summed E-state index contributed by atoms with van der Waals surface area (Å²) in [6.07, 6.45) is 2.54. The highest BCUT2D eigenvalue weighted by Crippen LogP contribution is 2.42. The molecule has 2 aromatic rings. The third-order valence-electron chi connectivity index (χ3n) is 8.88. The lowest BCUT2D eigenvalue weighted by Crippen LogP contribution is -2.28. The molecule has 10 nitrogen and oxygen atoms in total. The van der Waals surface area contributed by atoms with Gasteiger partial charge in [-0.15, -0.1) is 0 Å². The van der Waals surface area contributed by atoms with Crippen molar-refractivity contribution >= 4 is 34.3 Å². The molecule has 2 unspecified atom stereocenters. The fourth-order valence-corrected chi connectivity index (χ4v) is 7.11. The molecule has 2 N–H and O–H groups in total. The van der Waals surface area contributed by atoms with Gasteiger partial charge >= 0.3 is 0 Å². The Hall–Kier alpha value is -4.28. The zero-order chi connectivity index (χ0) is 30.4. The van der Waals surface area contributed by atoms with E-state index in [1.807, 2.05) is 0 Å². The number of aliphatic hydroxyl groups is 2. The molecule has 6 rings (SSSR count). The van der Waals surface area contributed by atoms with Gasteiger partial charge in [-0.25, -0.2) is 0 Å². The van der Waals surface area contributed by atoms with E-state index < -0.39 is 12.2 Å². The number of carbonyl (C=O) groups is 4. The summed E-state index contributed by atoms with van der Waals surface area (Å²) in [6.45, 7) is 6.99. The van der Waals surface area contributed by atoms with Crippen molar-refractivity contribution in [3.63, 3.8) is 0 Å². The number of hydrogen-bond donors (Lipinski definition) is 2. The van der Waals surface area contributed by atoms with Crippen LogP contribution in [0, 0.1) is 13.8 Å². The molecule has 10 heteroatoms. The van der Waals surface area contributed by atoms with Crippen LogP contribution in [0.1, 0.15) is 90.9 Å². The Morgan fingerprint density at radius 3 is 1.33 bits per heavy atom. The van der Waals surface area contributed by atoms with Crippen molar-refractivity contribution in [1.29, 1.82) is 0 Å². The lowest BCUT2D eigenvalue weighted by Gasteiger charge is -2.26. The minimum absolute atomic E-state index is 0.0247. The highest BCUT2D eigenvalue weighted by molar-refractivity contribution is 6.27. The summed E-state index contributed by atoms with van der Waals surface area (Å²) >= 11 is 0. The quantitative estimate of drug-likeness (QED) is 0.556. The Morgan fingerprint density at radius 1 is 0.643 bits per heavy atom. The Bertz CT molecular complexity index is 1660. The summed E-state index contributed by atoms with van der Waals surface area (Å²) in [4.78, 5) is 53.3. The number of aliphatic hydroxyl groups excluding tert-OH is 2. The predicted molar refractivity (Wildman–Crippen MR) is 152 cm³/mol. The van der Waals surface area contributed by atoms with Gasteiger partial charge in [0.25, 0.3) is 0 Å². The molecule has 2 aliphatic carbocycles. The number of Topliss-reactive ketones (excluding diaryl/α,β-unsaturated/α-hetero) is 4. The van der Waals surface area contributed by atoms with E-state index in [0.29, 0.717) is 35.4 Å². The van der Waals surface area contributed by atoms with E-state index in [9.17, 15) is 29.4 Å². The van der Waals surface area contributed by atoms with E-state index in [0.717, 1.165) is 11.1 Å². The molecule has 0 aromatic carbocycles. The first-order chi connectivity index (χ1) is 19.9. The summed E-state index contributed by atoms with van der Waals surface area (Å²) in [6, 6.07) is 0. The van der Waals surface area contributed by atoms with Crippen molar-refractivity contribution in [3.05, 3.63) is 79.8 Å². The van der Waals surface area contributed by atoms with Crippen LogP contribution in [0.5, 0.6) is 0 Å². The number of hydrogen-bond acceptors (Lipinski definition) is 8. The molecule has 0 fully saturated rings. The number of fused-ring (bicyclic) bond motifs is 6. The maximum atomic E-state index is 13.3. The summed E-state index contributed by atoms with van der Waals surface area (Å²) in [7, 11) is 2.73. The second-order valence-corrected chi connectivity index (χ2v) is 11.3. The largest absolute Gasteiger partial charge is 0.492 e. The molecule has 0 radical (unpaired) electrons. The van der Waals surface area contributed by atoms with Crippen LogP contribution in [0.2, 0.25) is 0 Å². The predicted octanol–water partition coefficient (Wildman–Crippen LogP) is 3.50. The van der Waals surface area contributed by atoms with Crippen molar-refractivity contribution in [2.45, 2.75) is 65.8 Å². The van der Waals surface area contributed by atoms with Crippen molar-refractivity contribution in [2.24, 2.45) is 0 Å². The van der Waals surface area contributed by atoms with Gasteiger partial charge in [0.1, 0.15) is 11.4 Å². The van der Waals surface area contributed by atoms with Gasteiger partial charge in [0.2, 0.25) is 23.1 Å². The van der Waals surface area contributed by atoms with Gasteiger partial charge in [-0.3, -0.25) is 19.2 Å². The molecule has 218 valence electrons. The highest BCUT2D eigenvalue weighted by atomic mass is 16.5. The van der Waals surface area contributed by atoms with E-state index in [1.54, 1.807) is 49.0 Å². The number of ether oxygens (including phenoxy) is 2. The average Bonchev–Trinajstić information content (AvgIpc) is 3.40. The number of aromatic nitrogens is 2. The second kappa shape index (κ2) is 9.64. The van der Waals surface area contributed by atoms with Crippen molar-refractivity contribution in [2.75, 3.05) is 14.2 Å².